The maximum absolute atomic E-state index is 12.7. The molecular formula is C19H22F3N3O3S. The Morgan fingerprint density at radius 3 is 2.59 bits per heavy atom. The highest BCUT2D eigenvalue weighted by Gasteiger charge is 2.48. The zero-order valence-corrected chi connectivity index (χ0v) is 16.7. The maximum Gasteiger partial charge on any atom is 0.534 e. The second-order valence-corrected chi connectivity index (χ2v) is 8.64. The van der Waals surface area contributed by atoms with Crippen LogP contribution < -0.4 is 9.50 Å². The van der Waals surface area contributed by atoms with E-state index in [4.69, 9.17) is 0 Å². The van der Waals surface area contributed by atoms with E-state index >= 15 is 0 Å². The number of rotatable bonds is 5. The molecule has 1 N–H and O–H groups in total. The van der Waals surface area contributed by atoms with E-state index in [-0.39, 0.29) is 23.9 Å². The number of alkyl halides is 3. The SMILES string of the molecule is C[C@@H]1CN([C@H](c2cccnc2)c2cccc(OS(=O)(=O)C(F)(F)F)c2)[C@@H](C)CN1. The lowest BCUT2D eigenvalue weighted by molar-refractivity contribution is -0.0500. The molecule has 6 nitrogen and oxygen atoms in total. The standard InChI is InChI=1S/C19H22F3N3O3S/c1-13-12-25(14(2)10-24-13)18(16-6-4-8-23-11-16)15-5-3-7-17(9-15)28-29(26,27)19(20,21)22/h3-9,11,13-14,18,24H,10,12H2,1-2H3/t13-,14+,18+/m1/s1. The van der Waals surface area contributed by atoms with E-state index in [1.807, 2.05) is 6.07 Å². The molecule has 0 saturated carbocycles. The Hall–Kier alpha value is -2.17. The summed E-state index contributed by atoms with van der Waals surface area (Å²) in [6.07, 6.45) is 3.34. The van der Waals surface area contributed by atoms with Crippen LogP contribution in [0.2, 0.25) is 0 Å². The monoisotopic (exact) mass is 429 g/mol. The molecule has 2 heterocycles. The molecular weight excluding hydrogens is 407 g/mol. The van der Waals surface area contributed by atoms with Crippen LogP contribution in [0.4, 0.5) is 13.2 Å². The van der Waals surface area contributed by atoms with Crippen molar-refractivity contribution in [2.24, 2.45) is 0 Å². The van der Waals surface area contributed by atoms with Crippen LogP contribution in [0.25, 0.3) is 0 Å². The molecule has 29 heavy (non-hydrogen) atoms. The van der Waals surface area contributed by atoms with Gasteiger partial charge < -0.3 is 9.50 Å². The highest BCUT2D eigenvalue weighted by Crippen LogP contribution is 2.34. The van der Waals surface area contributed by atoms with E-state index in [2.05, 4.69) is 33.2 Å². The number of nitrogens with one attached hydrogen (secondary N) is 1. The fourth-order valence-corrected chi connectivity index (χ4v) is 3.88. The first-order valence-corrected chi connectivity index (χ1v) is 10.5. The van der Waals surface area contributed by atoms with Gasteiger partial charge in [-0.2, -0.15) is 21.6 Å². The summed E-state index contributed by atoms with van der Waals surface area (Å²) in [6, 6.07) is 9.46. The molecule has 158 valence electrons. The van der Waals surface area contributed by atoms with Gasteiger partial charge in [0.25, 0.3) is 0 Å². The van der Waals surface area contributed by atoms with Crippen LogP contribution in [0.1, 0.15) is 31.0 Å². The maximum atomic E-state index is 12.7. The lowest BCUT2D eigenvalue weighted by Gasteiger charge is -2.43. The third-order valence-electron chi connectivity index (χ3n) is 4.81. The average molecular weight is 429 g/mol. The van der Waals surface area contributed by atoms with Crippen molar-refractivity contribution < 1.29 is 25.8 Å². The van der Waals surface area contributed by atoms with E-state index in [0.717, 1.165) is 12.1 Å². The van der Waals surface area contributed by atoms with Gasteiger partial charge in [-0.3, -0.25) is 9.88 Å². The van der Waals surface area contributed by atoms with Crippen LogP contribution in [0, 0.1) is 0 Å². The molecule has 1 aliphatic heterocycles. The molecule has 1 fully saturated rings. The third-order valence-corrected chi connectivity index (χ3v) is 5.79. The Kier molecular flexibility index (Phi) is 6.16. The molecule has 1 aromatic heterocycles. The minimum absolute atomic E-state index is 0.139. The van der Waals surface area contributed by atoms with E-state index in [9.17, 15) is 21.6 Å². The summed E-state index contributed by atoms with van der Waals surface area (Å²) in [6.45, 7) is 5.55. The van der Waals surface area contributed by atoms with Crippen molar-refractivity contribution in [3.05, 3.63) is 59.9 Å². The van der Waals surface area contributed by atoms with Crippen molar-refractivity contribution in [1.29, 1.82) is 0 Å². The first-order chi connectivity index (χ1) is 13.6. The predicted octanol–water partition coefficient (Wildman–Crippen LogP) is 3.08. The van der Waals surface area contributed by atoms with Gasteiger partial charge in [-0.1, -0.05) is 18.2 Å². The van der Waals surface area contributed by atoms with Crippen molar-refractivity contribution in [3.8, 4) is 5.75 Å². The lowest BCUT2D eigenvalue weighted by atomic mass is 9.95. The van der Waals surface area contributed by atoms with Crippen molar-refractivity contribution >= 4 is 10.1 Å². The van der Waals surface area contributed by atoms with Crippen LogP contribution in [-0.4, -0.2) is 49.0 Å². The number of hydrogen-bond acceptors (Lipinski definition) is 6. The molecule has 1 saturated heterocycles. The zero-order valence-electron chi connectivity index (χ0n) is 15.9. The normalized spacial score (nSPS) is 22.2. The number of nitrogens with zero attached hydrogens (tertiary/aromatic N) is 2. The van der Waals surface area contributed by atoms with Gasteiger partial charge in [0.2, 0.25) is 0 Å². The Bertz CT molecular complexity index is 938. The van der Waals surface area contributed by atoms with Gasteiger partial charge in [-0.25, -0.2) is 0 Å². The quantitative estimate of drug-likeness (QED) is 0.582. The summed E-state index contributed by atoms with van der Waals surface area (Å²) in [5.74, 6) is -0.385. The van der Waals surface area contributed by atoms with E-state index in [0.29, 0.717) is 12.1 Å². The summed E-state index contributed by atoms with van der Waals surface area (Å²) < 4.78 is 65.2. The molecule has 3 rings (SSSR count). The minimum Gasteiger partial charge on any atom is -0.376 e. The smallest absolute Gasteiger partial charge is 0.376 e. The molecule has 1 aliphatic rings. The molecule has 0 aliphatic carbocycles. The van der Waals surface area contributed by atoms with E-state index in [1.54, 1.807) is 24.5 Å². The Morgan fingerprint density at radius 2 is 1.93 bits per heavy atom. The van der Waals surface area contributed by atoms with Crippen molar-refractivity contribution in [2.75, 3.05) is 13.1 Å². The van der Waals surface area contributed by atoms with Gasteiger partial charge in [0.1, 0.15) is 5.75 Å². The highest BCUT2D eigenvalue weighted by atomic mass is 32.2. The molecule has 1 aromatic carbocycles. The Labute approximate surface area is 167 Å². The van der Waals surface area contributed by atoms with Crippen LogP contribution in [0.15, 0.2) is 48.8 Å². The van der Waals surface area contributed by atoms with Gasteiger partial charge in [-0.05, 0) is 43.2 Å². The molecule has 10 heteroatoms. The molecule has 3 atom stereocenters. The van der Waals surface area contributed by atoms with Gasteiger partial charge in [0.05, 0.1) is 6.04 Å². The lowest BCUT2D eigenvalue weighted by Crippen LogP contribution is -2.55. The van der Waals surface area contributed by atoms with Gasteiger partial charge >= 0.3 is 15.6 Å². The molecule has 0 unspecified atom stereocenters. The molecule has 2 aromatic rings. The Balaban J connectivity index is 2.01. The first-order valence-electron chi connectivity index (χ1n) is 9.08. The minimum atomic E-state index is -5.74. The van der Waals surface area contributed by atoms with Gasteiger partial charge in [0, 0.05) is 37.6 Å². The van der Waals surface area contributed by atoms with Crippen LogP contribution in [0.5, 0.6) is 5.75 Å². The topological polar surface area (TPSA) is 71.5 Å². The van der Waals surface area contributed by atoms with Gasteiger partial charge in [-0.15, -0.1) is 0 Å². The second kappa shape index (κ2) is 8.29. The molecule has 0 spiro atoms. The van der Waals surface area contributed by atoms with E-state index in [1.165, 1.54) is 18.2 Å². The summed E-state index contributed by atoms with van der Waals surface area (Å²) >= 11 is 0. The summed E-state index contributed by atoms with van der Waals surface area (Å²) in [5, 5.41) is 3.39. The second-order valence-electron chi connectivity index (χ2n) is 7.10. The van der Waals surface area contributed by atoms with Crippen molar-refractivity contribution in [2.45, 2.75) is 37.5 Å². The number of aromatic nitrogens is 1. The van der Waals surface area contributed by atoms with Crippen LogP contribution in [-0.2, 0) is 10.1 Å². The zero-order chi connectivity index (χ0) is 21.2. The molecule has 0 bridgehead atoms. The highest BCUT2D eigenvalue weighted by molar-refractivity contribution is 7.88. The number of piperazine rings is 1. The summed E-state index contributed by atoms with van der Waals surface area (Å²) in [4.78, 5) is 6.38. The fraction of sp³-hybridized carbons (Fsp3) is 0.421. The largest absolute Gasteiger partial charge is 0.534 e. The van der Waals surface area contributed by atoms with Crippen molar-refractivity contribution in [1.82, 2.24) is 15.2 Å². The summed E-state index contributed by atoms with van der Waals surface area (Å²) in [7, 11) is -5.74. The first kappa shape index (κ1) is 21.5. The molecule has 0 amide bonds. The third kappa shape index (κ3) is 4.88. The number of hydrogen-bond donors (Lipinski definition) is 1. The number of halogens is 3. The van der Waals surface area contributed by atoms with Crippen molar-refractivity contribution in [3.63, 3.8) is 0 Å². The Morgan fingerprint density at radius 1 is 1.21 bits per heavy atom. The predicted molar refractivity (Wildman–Crippen MR) is 102 cm³/mol. The number of pyridine rings is 1. The number of benzene rings is 1. The van der Waals surface area contributed by atoms with E-state index < -0.39 is 15.6 Å². The van der Waals surface area contributed by atoms with Gasteiger partial charge in [0.15, 0.2) is 0 Å². The summed E-state index contributed by atoms with van der Waals surface area (Å²) in [5.41, 5.74) is -4.02. The van der Waals surface area contributed by atoms with Crippen LogP contribution >= 0.6 is 0 Å². The fourth-order valence-electron chi connectivity index (χ4n) is 3.43. The average Bonchev–Trinajstić information content (AvgIpc) is 2.65. The van der Waals surface area contributed by atoms with Crippen LogP contribution in [0.3, 0.4) is 0 Å². The molecule has 0 radical (unpaired) electrons.